The number of rotatable bonds is 7. The van der Waals surface area contributed by atoms with Gasteiger partial charge in [-0.25, -0.2) is 13.1 Å². The summed E-state index contributed by atoms with van der Waals surface area (Å²) in [6.45, 7) is 7.51. The number of nitrogens with one attached hydrogen (secondary N) is 1. The van der Waals surface area contributed by atoms with Crippen molar-refractivity contribution in [3.8, 4) is 0 Å². The molecule has 1 aromatic rings. The van der Waals surface area contributed by atoms with Crippen LogP contribution in [0.5, 0.6) is 0 Å². The van der Waals surface area contributed by atoms with Crippen LogP contribution in [-0.2, 0) is 17.1 Å². The summed E-state index contributed by atoms with van der Waals surface area (Å²) >= 11 is 0. The first-order chi connectivity index (χ1) is 9.23. The Kier molecular flexibility index (Phi) is 5.34. The van der Waals surface area contributed by atoms with Gasteiger partial charge in [-0.15, -0.1) is 0 Å². The van der Waals surface area contributed by atoms with Crippen LogP contribution in [0.3, 0.4) is 0 Å². The minimum atomic E-state index is -3.61. The zero-order valence-electron chi connectivity index (χ0n) is 12.9. The lowest BCUT2D eigenvalue weighted by atomic mass is 9.84. The molecule has 1 aromatic heterocycles. The molecule has 1 rings (SSSR count). The van der Waals surface area contributed by atoms with Gasteiger partial charge in [-0.1, -0.05) is 13.8 Å². The molecule has 0 saturated heterocycles. The summed E-state index contributed by atoms with van der Waals surface area (Å²) in [5.41, 5.74) is 0.689. The second-order valence-electron chi connectivity index (χ2n) is 5.31. The Balaban J connectivity index is 3.02. The normalized spacial score (nSPS) is 12.9. The van der Waals surface area contributed by atoms with Crippen molar-refractivity contribution in [2.75, 3.05) is 13.2 Å². The van der Waals surface area contributed by atoms with Crippen molar-refractivity contribution >= 4 is 10.0 Å². The fourth-order valence-electron chi connectivity index (χ4n) is 2.24. The van der Waals surface area contributed by atoms with E-state index in [1.165, 1.54) is 0 Å². The maximum atomic E-state index is 12.4. The molecular weight excluding hydrogens is 278 g/mol. The highest BCUT2D eigenvalue weighted by Crippen LogP contribution is 2.26. The molecule has 0 amide bonds. The van der Waals surface area contributed by atoms with E-state index in [0.717, 1.165) is 0 Å². The Labute approximate surface area is 121 Å². The van der Waals surface area contributed by atoms with Gasteiger partial charge in [0.1, 0.15) is 4.90 Å². The van der Waals surface area contributed by atoms with E-state index in [9.17, 15) is 13.5 Å². The van der Waals surface area contributed by atoms with Crippen LogP contribution >= 0.6 is 0 Å². The van der Waals surface area contributed by atoms with Gasteiger partial charge in [0, 0.05) is 25.6 Å². The standard InChI is InChI=1S/C13H25N3O3S/c1-6-13(7-2,9-17)8-14-20(18,19)12-10(3)15-16(5)11(12)4/h14,17H,6-9H2,1-5H3. The molecule has 116 valence electrons. The van der Waals surface area contributed by atoms with Crippen molar-refractivity contribution in [3.05, 3.63) is 11.4 Å². The lowest BCUT2D eigenvalue weighted by Crippen LogP contribution is -2.39. The summed E-state index contributed by atoms with van der Waals surface area (Å²) in [6.07, 6.45) is 1.43. The predicted octanol–water partition coefficient (Wildman–Crippen LogP) is 1.11. The van der Waals surface area contributed by atoms with Crippen LogP contribution in [0.1, 0.15) is 38.1 Å². The molecule has 7 heteroatoms. The molecule has 0 aliphatic rings. The van der Waals surface area contributed by atoms with Crippen LogP contribution in [0, 0.1) is 19.3 Å². The first-order valence-corrected chi connectivity index (χ1v) is 8.32. The van der Waals surface area contributed by atoms with E-state index in [1.54, 1.807) is 25.6 Å². The third kappa shape index (κ3) is 3.21. The highest BCUT2D eigenvalue weighted by atomic mass is 32.2. The average molecular weight is 303 g/mol. The molecule has 1 heterocycles. The second kappa shape index (κ2) is 6.24. The highest BCUT2D eigenvalue weighted by molar-refractivity contribution is 7.89. The first-order valence-electron chi connectivity index (χ1n) is 6.83. The molecule has 0 radical (unpaired) electrons. The molecule has 0 atom stereocenters. The van der Waals surface area contributed by atoms with Gasteiger partial charge in [-0.2, -0.15) is 5.10 Å². The van der Waals surface area contributed by atoms with E-state index < -0.39 is 15.4 Å². The molecule has 2 N–H and O–H groups in total. The molecule has 0 aromatic carbocycles. The molecule has 0 bridgehead atoms. The Hall–Kier alpha value is -0.920. The maximum absolute atomic E-state index is 12.4. The minimum absolute atomic E-state index is 0.0342. The average Bonchev–Trinajstić information content (AvgIpc) is 2.66. The zero-order chi connectivity index (χ0) is 15.6. The number of sulfonamides is 1. The van der Waals surface area contributed by atoms with E-state index in [0.29, 0.717) is 24.2 Å². The van der Waals surface area contributed by atoms with Crippen molar-refractivity contribution in [1.82, 2.24) is 14.5 Å². The van der Waals surface area contributed by atoms with Gasteiger partial charge in [0.05, 0.1) is 11.4 Å². The van der Waals surface area contributed by atoms with Crippen molar-refractivity contribution in [1.29, 1.82) is 0 Å². The fourth-order valence-corrected chi connectivity index (χ4v) is 3.83. The van der Waals surface area contributed by atoms with Crippen LogP contribution in [0.4, 0.5) is 0 Å². The summed E-state index contributed by atoms with van der Waals surface area (Å²) in [7, 11) is -1.89. The summed E-state index contributed by atoms with van der Waals surface area (Å²) in [4.78, 5) is 0.235. The summed E-state index contributed by atoms with van der Waals surface area (Å²) < 4.78 is 29.1. The summed E-state index contributed by atoms with van der Waals surface area (Å²) in [6, 6.07) is 0. The van der Waals surface area contributed by atoms with Crippen LogP contribution in [-0.4, -0.2) is 36.5 Å². The minimum Gasteiger partial charge on any atom is -0.396 e. The Morgan fingerprint density at radius 2 is 1.85 bits per heavy atom. The lowest BCUT2D eigenvalue weighted by molar-refractivity contribution is 0.119. The largest absolute Gasteiger partial charge is 0.396 e. The van der Waals surface area contributed by atoms with E-state index in [-0.39, 0.29) is 18.0 Å². The topological polar surface area (TPSA) is 84.2 Å². The van der Waals surface area contributed by atoms with Crippen LogP contribution in [0.15, 0.2) is 4.90 Å². The number of hydrogen-bond acceptors (Lipinski definition) is 4. The second-order valence-corrected chi connectivity index (χ2v) is 7.02. The van der Waals surface area contributed by atoms with Gasteiger partial charge in [0.25, 0.3) is 0 Å². The Bertz CT molecular complexity index is 551. The summed E-state index contributed by atoms with van der Waals surface area (Å²) in [5, 5.41) is 13.6. The van der Waals surface area contributed by atoms with Crippen molar-refractivity contribution in [2.45, 2.75) is 45.4 Å². The SMILES string of the molecule is CCC(CC)(CO)CNS(=O)(=O)c1c(C)nn(C)c1C. The van der Waals surface area contributed by atoms with Gasteiger partial charge in [0.2, 0.25) is 10.0 Å². The first kappa shape index (κ1) is 17.1. The molecule has 0 saturated carbocycles. The van der Waals surface area contributed by atoms with E-state index in [2.05, 4.69) is 9.82 Å². The number of aryl methyl sites for hydroxylation is 2. The monoisotopic (exact) mass is 303 g/mol. The third-order valence-electron chi connectivity index (χ3n) is 4.18. The van der Waals surface area contributed by atoms with Crippen molar-refractivity contribution in [2.24, 2.45) is 12.5 Å². The summed E-state index contributed by atoms with van der Waals surface area (Å²) in [5.74, 6) is 0. The highest BCUT2D eigenvalue weighted by Gasteiger charge is 2.30. The van der Waals surface area contributed by atoms with Crippen LogP contribution in [0.2, 0.25) is 0 Å². The molecule has 0 aliphatic heterocycles. The lowest BCUT2D eigenvalue weighted by Gasteiger charge is -2.29. The van der Waals surface area contributed by atoms with Gasteiger partial charge >= 0.3 is 0 Å². The zero-order valence-corrected chi connectivity index (χ0v) is 13.7. The number of aromatic nitrogens is 2. The Morgan fingerprint density at radius 1 is 1.30 bits per heavy atom. The molecule has 0 spiro atoms. The van der Waals surface area contributed by atoms with E-state index in [4.69, 9.17) is 0 Å². The van der Waals surface area contributed by atoms with E-state index in [1.807, 2.05) is 13.8 Å². The van der Waals surface area contributed by atoms with E-state index >= 15 is 0 Å². The van der Waals surface area contributed by atoms with Crippen LogP contribution in [0.25, 0.3) is 0 Å². The molecule has 6 nitrogen and oxygen atoms in total. The maximum Gasteiger partial charge on any atom is 0.244 e. The Morgan fingerprint density at radius 3 is 2.20 bits per heavy atom. The molecule has 20 heavy (non-hydrogen) atoms. The van der Waals surface area contributed by atoms with Gasteiger partial charge in [-0.05, 0) is 26.7 Å². The van der Waals surface area contributed by atoms with Gasteiger partial charge < -0.3 is 5.11 Å². The third-order valence-corrected chi connectivity index (χ3v) is 5.84. The predicted molar refractivity (Wildman–Crippen MR) is 78.0 cm³/mol. The van der Waals surface area contributed by atoms with Crippen LogP contribution < -0.4 is 4.72 Å². The molecule has 0 unspecified atom stereocenters. The van der Waals surface area contributed by atoms with Crippen molar-refractivity contribution < 1.29 is 13.5 Å². The molecular formula is C13H25N3O3S. The van der Waals surface area contributed by atoms with Gasteiger partial charge in [0.15, 0.2) is 0 Å². The van der Waals surface area contributed by atoms with Crippen molar-refractivity contribution in [3.63, 3.8) is 0 Å². The van der Waals surface area contributed by atoms with Gasteiger partial charge in [-0.3, -0.25) is 4.68 Å². The quantitative estimate of drug-likeness (QED) is 0.790. The number of nitrogens with zero attached hydrogens (tertiary/aromatic N) is 2. The number of hydrogen-bond donors (Lipinski definition) is 2. The molecule has 0 fully saturated rings. The fraction of sp³-hybridized carbons (Fsp3) is 0.769. The number of aliphatic hydroxyl groups is 1. The smallest absolute Gasteiger partial charge is 0.244 e. The molecule has 0 aliphatic carbocycles. The number of aliphatic hydroxyl groups excluding tert-OH is 1.